The molecule has 0 saturated heterocycles. The van der Waals surface area contributed by atoms with Crippen LogP contribution in [0.4, 0.5) is 0 Å². The van der Waals surface area contributed by atoms with E-state index in [1.807, 2.05) is 30.3 Å². The highest BCUT2D eigenvalue weighted by Gasteiger charge is 2.30. The van der Waals surface area contributed by atoms with Crippen molar-refractivity contribution in [1.82, 2.24) is 5.32 Å². The Morgan fingerprint density at radius 1 is 0.875 bits per heavy atom. The molecule has 5 rings (SSSR count). The van der Waals surface area contributed by atoms with Gasteiger partial charge < -0.3 is 14.2 Å². The third-order valence-electron chi connectivity index (χ3n) is 5.58. The lowest BCUT2D eigenvalue weighted by atomic mass is 10.0. The Morgan fingerprint density at radius 3 is 2.16 bits per heavy atom. The topological polar surface area (TPSA) is 80.1 Å². The fraction of sp³-hybridized carbons (Fsp3) is 0.192. The van der Waals surface area contributed by atoms with Gasteiger partial charge in [0.25, 0.3) is 5.91 Å². The van der Waals surface area contributed by atoms with Gasteiger partial charge in [-0.3, -0.25) is 14.8 Å². The van der Waals surface area contributed by atoms with Crippen LogP contribution in [0.25, 0.3) is 0 Å². The molecule has 1 N–H and O–H groups in total. The van der Waals surface area contributed by atoms with Gasteiger partial charge in [0, 0.05) is 12.1 Å². The second kappa shape index (κ2) is 8.67. The molecular formula is C26H23N3O3. The van der Waals surface area contributed by atoms with E-state index in [2.05, 4.69) is 36.5 Å². The summed E-state index contributed by atoms with van der Waals surface area (Å²) in [4.78, 5) is 22.5. The van der Waals surface area contributed by atoms with Crippen LogP contribution in [-0.2, 0) is 6.42 Å². The van der Waals surface area contributed by atoms with Crippen LogP contribution in [0.1, 0.15) is 45.1 Å². The molecule has 32 heavy (non-hydrogen) atoms. The molecule has 2 aromatic heterocycles. The number of fused-ring (bicyclic) bond motifs is 1. The first-order valence-corrected chi connectivity index (χ1v) is 10.6. The second-order valence-electron chi connectivity index (χ2n) is 7.87. The Morgan fingerprint density at radius 2 is 1.53 bits per heavy atom. The summed E-state index contributed by atoms with van der Waals surface area (Å²) >= 11 is 0. The van der Waals surface area contributed by atoms with Crippen molar-refractivity contribution in [3.05, 3.63) is 118 Å². The molecular weight excluding hydrogens is 402 g/mol. The number of hydrogen-bond donors (Lipinski definition) is 1. The number of carbonyl (C=O) groups is 1. The zero-order chi connectivity index (χ0) is 21.9. The lowest BCUT2D eigenvalue weighted by molar-refractivity contribution is 0.0954. The van der Waals surface area contributed by atoms with Gasteiger partial charge in [-0.25, -0.2) is 0 Å². The lowest BCUT2D eigenvalue weighted by Gasteiger charge is -2.20. The number of nitrogens with zero attached hydrogens (tertiary/aromatic N) is 2. The fourth-order valence-corrected chi connectivity index (χ4v) is 3.85. The monoisotopic (exact) mass is 425 g/mol. The maximum absolute atomic E-state index is 12.7. The molecule has 6 heteroatoms. The minimum absolute atomic E-state index is 0.127. The minimum Gasteiger partial charge on any atom is -0.467 e. The van der Waals surface area contributed by atoms with Gasteiger partial charge in [-0.15, -0.1) is 0 Å². The molecule has 0 spiro atoms. The average molecular weight is 425 g/mol. The summed E-state index contributed by atoms with van der Waals surface area (Å²) in [6, 6.07) is 20.5. The van der Waals surface area contributed by atoms with Crippen molar-refractivity contribution in [2.45, 2.75) is 25.4 Å². The highest BCUT2D eigenvalue weighted by Crippen LogP contribution is 2.36. The zero-order valence-corrected chi connectivity index (χ0v) is 17.7. The largest absolute Gasteiger partial charge is 0.467 e. The van der Waals surface area contributed by atoms with Crippen molar-refractivity contribution >= 4 is 5.91 Å². The van der Waals surface area contributed by atoms with Crippen LogP contribution in [0.5, 0.6) is 0 Å². The van der Waals surface area contributed by atoms with Crippen LogP contribution in [0.3, 0.4) is 0 Å². The molecule has 6 nitrogen and oxygen atoms in total. The predicted molar refractivity (Wildman–Crippen MR) is 119 cm³/mol. The van der Waals surface area contributed by atoms with E-state index >= 15 is 0 Å². The smallest absolute Gasteiger partial charge is 0.251 e. The number of furan rings is 2. The summed E-state index contributed by atoms with van der Waals surface area (Å²) in [5, 5.41) is 4.39. The van der Waals surface area contributed by atoms with Crippen molar-refractivity contribution < 1.29 is 13.6 Å². The highest BCUT2D eigenvalue weighted by atomic mass is 16.3. The van der Waals surface area contributed by atoms with Gasteiger partial charge in [-0.1, -0.05) is 29.8 Å². The van der Waals surface area contributed by atoms with Gasteiger partial charge in [0.2, 0.25) is 0 Å². The average Bonchev–Trinajstić information content (AvgIpc) is 3.53. The molecule has 1 amide bonds. The van der Waals surface area contributed by atoms with E-state index < -0.39 is 0 Å². The summed E-state index contributed by atoms with van der Waals surface area (Å²) in [5.41, 5.74) is 2.98. The van der Waals surface area contributed by atoms with Gasteiger partial charge in [0.15, 0.2) is 0 Å². The van der Waals surface area contributed by atoms with E-state index in [0.717, 1.165) is 17.5 Å². The lowest BCUT2D eigenvalue weighted by Crippen LogP contribution is -2.34. The number of amides is 1. The maximum Gasteiger partial charge on any atom is 0.251 e. The van der Waals surface area contributed by atoms with Crippen LogP contribution >= 0.6 is 0 Å². The molecule has 0 aliphatic carbocycles. The van der Waals surface area contributed by atoms with Crippen molar-refractivity contribution in [3.63, 3.8) is 0 Å². The number of aryl methyl sites for hydroxylation is 1. The number of carbonyl (C=O) groups excluding carboxylic acids is 1. The van der Waals surface area contributed by atoms with E-state index in [1.165, 1.54) is 11.1 Å². The first-order chi connectivity index (χ1) is 15.7. The van der Waals surface area contributed by atoms with Crippen LogP contribution in [0.2, 0.25) is 0 Å². The Labute approximate surface area is 185 Å². The molecule has 1 aliphatic heterocycles. The zero-order valence-electron chi connectivity index (χ0n) is 17.7. The van der Waals surface area contributed by atoms with Crippen molar-refractivity contribution in [2.75, 3.05) is 6.54 Å². The first-order valence-electron chi connectivity index (χ1n) is 10.6. The number of rotatable bonds is 6. The van der Waals surface area contributed by atoms with Gasteiger partial charge in [-0.2, -0.15) is 0 Å². The first kappa shape index (κ1) is 20.0. The molecule has 3 heterocycles. The van der Waals surface area contributed by atoms with Crippen LogP contribution in [0.15, 0.2) is 98.1 Å². The molecule has 1 aliphatic rings. The Kier molecular flexibility index (Phi) is 5.42. The van der Waals surface area contributed by atoms with Crippen LogP contribution in [0, 0.1) is 6.92 Å². The summed E-state index contributed by atoms with van der Waals surface area (Å²) < 4.78 is 11.2. The molecule has 2 aromatic carbocycles. The summed E-state index contributed by atoms with van der Waals surface area (Å²) in [7, 11) is 0. The number of nitrogens with one attached hydrogen (secondary N) is 1. The number of hydrogen-bond acceptors (Lipinski definition) is 5. The van der Waals surface area contributed by atoms with E-state index in [-0.39, 0.29) is 18.0 Å². The van der Waals surface area contributed by atoms with E-state index in [1.54, 1.807) is 24.7 Å². The van der Waals surface area contributed by atoms with Gasteiger partial charge >= 0.3 is 0 Å². The van der Waals surface area contributed by atoms with Gasteiger partial charge in [-0.05, 0) is 61.4 Å². The highest BCUT2D eigenvalue weighted by molar-refractivity contribution is 5.94. The second-order valence-corrected chi connectivity index (χ2v) is 7.87. The Bertz CT molecular complexity index is 1320. The Hall–Kier alpha value is -3.93. The minimum atomic E-state index is -0.358. The van der Waals surface area contributed by atoms with Gasteiger partial charge in [0.05, 0.1) is 23.2 Å². The predicted octanol–water partition coefficient (Wildman–Crippen LogP) is 3.89. The standard InChI is InChI=1S/C26H23N3O3/c1-17-6-8-18(9-7-17)12-13-27-26(30)19-10-11-20-21(16-19)29-25(23-5-3-15-32-23)24(28-20)22-4-2-14-31-22/h2-11,14-16,24-25H,12-13H2,1H3,(H,27,30). The molecule has 0 saturated carbocycles. The quantitative estimate of drug-likeness (QED) is 0.509. The third-order valence-corrected chi connectivity index (χ3v) is 5.58. The summed E-state index contributed by atoms with van der Waals surface area (Å²) in [6.07, 6.45) is 4.03. The molecule has 0 radical (unpaired) electrons. The van der Waals surface area contributed by atoms with Crippen LogP contribution < -0.4 is 16.0 Å². The van der Waals surface area contributed by atoms with Crippen LogP contribution in [-0.4, -0.2) is 12.5 Å². The molecule has 2 atom stereocenters. The molecule has 0 fully saturated rings. The molecule has 160 valence electrons. The summed E-state index contributed by atoms with van der Waals surface area (Å²) in [6.45, 7) is 2.63. The van der Waals surface area contributed by atoms with Crippen molar-refractivity contribution in [2.24, 2.45) is 9.98 Å². The molecule has 4 aromatic rings. The van der Waals surface area contributed by atoms with Crippen molar-refractivity contribution in [1.29, 1.82) is 0 Å². The fourth-order valence-electron chi connectivity index (χ4n) is 3.85. The SMILES string of the molecule is Cc1ccc(CCNC(=O)c2ccc3c(c2)=NC(c2ccco2)C(c2ccco2)N=3)cc1. The summed E-state index contributed by atoms with van der Waals surface area (Å²) in [5.74, 6) is 1.30. The van der Waals surface area contributed by atoms with E-state index in [4.69, 9.17) is 18.8 Å². The molecule has 0 bridgehead atoms. The Balaban J connectivity index is 1.38. The third kappa shape index (κ3) is 4.12. The maximum atomic E-state index is 12.7. The normalized spacial score (nSPS) is 17.2. The van der Waals surface area contributed by atoms with E-state index in [0.29, 0.717) is 23.2 Å². The number of benzene rings is 2. The molecule has 2 unspecified atom stereocenters. The van der Waals surface area contributed by atoms with E-state index in [9.17, 15) is 4.79 Å². The van der Waals surface area contributed by atoms with Gasteiger partial charge in [0.1, 0.15) is 23.6 Å². The van der Waals surface area contributed by atoms with Crippen molar-refractivity contribution in [3.8, 4) is 0 Å².